The van der Waals surface area contributed by atoms with Crippen LogP contribution in [-0.2, 0) is 10.8 Å². The van der Waals surface area contributed by atoms with E-state index in [2.05, 4.69) is 283 Å². The number of aryl methyl sites for hydroxylation is 5. The van der Waals surface area contributed by atoms with Crippen LogP contribution in [0.2, 0.25) is 0 Å². The van der Waals surface area contributed by atoms with Gasteiger partial charge in [0, 0.05) is 0 Å². The van der Waals surface area contributed by atoms with Crippen molar-refractivity contribution in [3.05, 3.63) is 321 Å². The largest absolute Gasteiger partial charge is 0.0714 e. The summed E-state index contributed by atoms with van der Waals surface area (Å²) in [6, 6.07) is 95.5. The van der Waals surface area contributed by atoms with Crippen molar-refractivity contribution in [2.45, 2.75) is 45.4 Å². The molecule has 0 spiro atoms. The van der Waals surface area contributed by atoms with Crippen LogP contribution in [0.4, 0.5) is 0 Å². The highest BCUT2D eigenvalue weighted by Gasteiger charge is 2.49. The van der Waals surface area contributed by atoms with E-state index in [1.807, 2.05) is 0 Å². The molecule has 0 amide bonds. The Bertz CT molecular complexity index is 4200. The minimum absolute atomic E-state index is 0.558. The van der Waals surface area contributed by atoms with Crippen molar-refractivity contribution in [3.63, 3.8) is 0 Å². The van der Waals surface area contributed by atoms with Gasteiger partial charge in [-0.15, -0.1) is 0 Å². The first kappa shape index (κ1) is 44.8. The van der Waals surface area contributed by atoms with Gasteiger partial charge in [0.1, 0.15) is 0 Å². The van der Waals surface area contributed by atoms with E-state index in [4.69, 9.17) is 0 Å². The predicted molar refractivity (Wildman–Crippen MR) is 316 cm³/mol. The fourth-order valence-corrected chi connectivity index (χ4v) is 13.3. The van der Waals surface area contributed by atoms with Gasteiger partial charge >= 0.3 is 0 Å². The Morgan fingerprint density at radius 1 is 0.213 bits per heavy atom. The van der Waals surface area contributed by atoms with Gasteiger partial charge in [0.05, 0.1) is 10.8 Å². The van der Waals surface area contributed by atoms with Gasteiger partial charge < -0.3 is 0 Å². The van der Waals surface area contributed by atoms with Crippen LogP contribution in [-0.4, -0.2) is 0 Å². The minimum Gasteiger partial charge on any atom is -0.0619 e. The molecule has 2 aliphatic carbocycles. The fraction of sp³-hybridized carbons (Fsp3) is 0.0933. The molecule has 0 radical (unpaired) electrons. The van der Waals surface area contributed by atoms with Crippen LogP contribution in [0.25, 0.3) is 77.2 Å². The van der Waals surface area contributed by atoms with Gasteiger partial charge in [-0.25, -0.2) is 0 Å². The van der Waals surface area contributed by atoms with Crippen LogP contribution in [0, 0.1) is 34.6 Å². The zero-order valence-corrected chi connectivity index (χ0v) is 43.2. The molecule has 0 saturated carbocycles. The highest BCUT2D eigenvalue weighted by atomic mass is 14.5. The number of fused-ring (bicyclic) bond motifs is 8. The fourth-order valence-electron chi connectivity index (χ4n) is 13.3. The average Bonchev–Trinajstić information content (AvgIpc) is 4.15. The predicted octanol–water partition coefficient (Wildman–Crippen LogP) is 19.3. The van der Waals surface area contributed by atoms with Crippen LogP contribution in [0.5, 0.6) is 0 Å². The van der Waals surface area contributed by atoms with E-state index in [1.54, 1.807) is 0 Å². The molecule has 0 fully saturated rings. The zero-order chi connectivity index (χ0) is 50.6. The zero-order valence-electron chi connectivity index (χ0n) is 43.2. The molecular weight excluding hydrogens is 901 g/mol. The summed E-state index contributed by atoms with van der Waals surface area (Å²) in [5, 5.41) is 5.05. The van der Waals surface area contributed by atoms with Crippen molar-refractivity contribution >= 4 is 21.5 Å². The Labute approximate surface area is 441 Å². The van der Waals surface area contributed by atoms with Crippen LogP contribution in [0.1, 0.15) is 72.3 Å². The van der Waals surface area contributed by atoms with Gasteiger partial charge in [0.25, 0.3) is 0 Å². The Morgan fingerprint density at radius 2 is 0.560 bits per heavy atom. The maximum Gasteiger partial charge on any atom is 0.0714 e. The normalized spacial score (nSPS) is 14.9. The maximum atomic E-state index is 2.50. The van der Waals surface area contributed by atoms with Gasteiger partial charge in [-0.1, -0.05) is 258 Å². The van der Waals surface area contributed by atoms with Crippen molar-refractivity contribution in [3.8, 4) is 55.6 Å². The van der Waals surface area contributed by atoms with Crippen LogP contribution in [0.15, 0.2) is 249 Å². The van der Waals surface area contributed by atoms with E-state index in [-0.39, 0.29) is 0 Å². The molecule has 2 aliphatic rings. The monoisotopic (exact) mass is 956 g/mol. The first-order chi connectivity index (χ1) is 36.7. The van der Waals surface area contributed by atoms with E-state index in [9.17, 15) is 0 Å². The van der Waals surface area contributed by atoms with E-state index in [0.717, 1.165) is 0 Å². The van der Waals surface area contributed by atoms with E-state index < -0.39 is 10.8 Å². The van der Waals surface area contributed by atoms with Crippen molar-refractivity contribution in [1.29, 1.82) is 0 Å². The SMILES string of the molecule is Cc1ccc(C2(c3ccc(-c4cccc5c4-c4ccc(-c6ccc7cc(C)ccc7c6)cc4C5(c4ccc(C)cc4)c4ccc(C)cc4)cc3)c3ccccc3-c3c(-c4ccc5cc(C)ccc5c4)cccc32)cc1. The first-order valence-corrected chi connectivity index (χ1v) is 26.5. The molecule has 0 heterocycles. The summed E-state index contributed by atoms with van der Waals surface area (Å²) < 4.78 is 0. The molecule has 0 saturated heterocycles. The summed E-state index contributed by atoms with van der Waals surface area (Å²) >= 11 is 0. The van der Waals surface area contributed by atoms with Crippen LogP contribution >= 0.6 is 0 Å². The lowest BCUT2D eigenvalue weighted by atomic mass is 9.67. The molecule has 0 nitrogen and oxygen atoms in total. The standard InChI is InChI=1S/C75H56/c1-47-18-33-60(34-19-47)74(68-13-7-6-10-66(68)73-65(12-9-14-69(73)74)59-29-28-54-43-51(5)17-25-56(54)45-59)63-39-30-52(31-40-63)64-11-8-15-70-72(64)67-41-32-58(57-27-26-53-42-50(4)16-24-55(53)44-57)46-71(67)75(70,61-35-20-48(2)21-36-61)62-37-22-49(3)23-38-62/h6-46H,1-5H3. The highest BCUT2D eigenvalue weighted by Crippen LogP contribution is 2.61. The summed E-state index contributed by atoms with van der Waals surface area (Å²) in [5.74, 6) is 0. The molecule has 75 heavy (non-hydrogen) atoms. The molecule has 0 heteroatoms. The summed E-state index contributed by atoms with van der Waals surface area (Å²) in [6.45, 7) is 10.9. The molecule has 1 atom stereocenters. The third kappa shape index (κ3) is 6.82. The van der Waals surface area contributed by atoms with Gasteiger partial charge in [-0.3, -0.25) is 0 Å². The highest BCUT2D eigenvalue weighted by molar-refractivity contribution is 6.00. The summed E-state index contributed by atoms with van der Waals surface area (Å²) in [4.78, 5) is 0. The van der Waals surface area contributed by atoms with Crippen LogP contribution in [0.3, 0.4) is 0 Å². The van der Waals surface area contributed by atoms with E-state index >= 15 is 0 Å². The molecule has 0 aliphatic heterocycles. The van der Waals surface area contributed by atoms with E-state index in [0.29, 0.717) is 0 Å². The van der Waals surface area contributed by atoms with Crippen molar-refractivity contribution < 1.29 is 0 Å². The molecule has 12 aromatic carbocycles. The number of benzene rings is 12. The lowest BCUT2D eigenvalue weighted by Crippen LogP contribution is -2.28. The van der Waals surface area contributed by atoms with Gasteiger partial charge in [0.2, 0.25) is 0 Å². The lowest BCUT2D eigenvalue weighted by molar-refractivity contribution is 0.767. The van der Waals surface area contributed by atoms with Crippen molar-refractivity contribution in [1.82, 2.24) is 0 Å². The number of rotatable bonds is 7. The topological polar surface area (TPSA) is 0 Å². The smallest absolute Gasteiger partial charge is 0.0619 e. The van der Waals surface area contributed by atoms with E-state index in [1.165, 1.54) is 150 Å². The quantitative estimate of drug-likeness (QED) is 0.149. The second-order valence-electron chi connectivity index (χ2n) is 21.6. The Hall–Kier alpha value is -8.84. The third-order valence-corrected chi connectivity index (χ3v) is 16.9. The van der Waals surface area contributed by atoms with Gasteiger partial charge in [-0.05, 0) is 175 Å². The molecule has 1 unspecified atom stereocenters. The Morgan fingerprint density at radius 3 is 1.11 bits per heavy atom. The summed E-state index contributed by atoms with van der Waals surface area (Å²) in [7, 11) is 0. The number of hydrogen-bond acceptors (Lipinski definition) is 0. The molecule has 0 N–H and O–H groups in total. The maximum absolute atomic E-state index is 2.50. The minimum atomic E-state index is -0.569. The number of hydrogen-bond donors (Lipinski definition) is 0. The molecular formula is C75H56. The van der Waals surface area contributed by atoms with Crippen molar-refractivity contribution in [2.24, 2.45) is 0 Å². The summed E-state index contributed by atoms with van der Waals surface area (Å²) in [6.07, 6.45) is 0. The summed E-state index contributed by atoms with van der Waals surface area (Å²) in [5.41, 5.74) is 28.0. The van der Waals surface area contributed by atoms with Crippen LogP contribution < -0.4 is 0 Å². The van der Waals surface area contributed by atoms with Crippen molar-refractivity contribution in [2.75, 3.05) is 0 Å². The molecule has 12 aromatic rings. The Balaban J connectivity index is 0.979. The Kier molecular flexibility index (Phi) is 10.2. The molecule has 0 aromatic heterocycles. The van der Waals surface area contributed by atoms with Gasteiger partial charge in [0.15, 0.2) is 0 Å². The molecule has 14 rings (SSSR count). The second kappa shape index (κ2) is 17.1. The third-order valence-electron chi connectivity index (χ3n) is 16.9. The van der Waals surface area contributed by atoms with Gasteiger partial charge in [-0.2, -0.15) is 0 Å². The first-order valence-electron chi connectivity index (χ1n) is 26.5. The average molecular weight is 957 g/mol. The molecule has 356 valence electrons. The lowest BCUT2D eigenvalue weighted by Gasteiger charge is -2.34. The molecule has 0 bridgehead atoms. The second-order valence-corrected chi connectivity index (χ2v) is 21.6.